The van der Waals surface area contributed by atoms with Gasteiger partial charge in [-0.2, -0.15) is 0 Å². The zero-order chi connectivity index (χ0) is 18.3. The first-order valence-electron chi connectivity index (χ1n) is 8.37. The summed E-state index contributed by atoms with van der Waals surface area (Å²) in [6.07, 6.45) is 4.04. The molecule has 2 aromatic rings. The number of carbonyl (C=O) groups excluding carboxylic acids is 1. The van der Waals surface area contributed by atoms with Crippen molar-refractivity contribution < 1.29 is 4.79 Å². The number of hydrogen-bond donors (Lipinski definition) is 1. The number of aromatic nitrogens is 1. The Kier molecular flexibility index (Phi) is 4.32. The van der Waals surface area contributed by atoms with E-state index in [2.05, 4.69) is 10.3 Å². The molecule has 0 unspecified atom stereocenters. The third-order valence-corrected chi connectivity index (χ3v) is 4.89. The number of amides is 1. The van der Waals surface area contributed by atoms with Gasteiger partial charge in [-0.05, 0) is 17.5 Å². The first kappa shape index (κ1) is 17.1. The summed E-state index contributed by atoms with van der Waals surface area (Å²) in [7, 11) is 3.46. The molecule has 3 rings (SSSR count). The predicted molar refractivity (Wildman–Crippen MR) is 98.0 cm³/mol. The van der Waals surface area contributed by atoms with Crippen LogP contribution in [0.3, 0.4) is 0 Å². The molecule has 7 nitrogen and oxygen atoms in total. The zero-order valence-corrected chi connectivity index (χ0v) is 14.9. The lowest BCUT2D eigenvalue weighted by Crippen LogP contribution is -2.52. The molecule has 1 amide bonds. The fourth-order valence-electron chi connectivity index (χ4n) is 3.36. The fraction of sp³-hybridized carbons (Fsp3) is 0.444. The van der Waals surface area contributed by atoms with Crippen LogP contribution in [0.5, 0.6) is 0 Å². The van der Waals surface area contributed by atoms with E-state index in [4.69, 9.17) is 0 Å². The minimum Gasteiger partial charge on any atom is -0.373 e. The van der Waals surface area contributed by atoms with Crippen molar-refractivity contribution in [1.29, 1.82) is 0 Å². The van der Waals surface area contributed by atoms with Gasteiger partial charge in [-0.15, -0.1) is 0 Å². The molecule has 1 aliphatic rings. The van der Waals surface area contributed by atoms with Crippen LogP contribution in [0.2, 0.25) is 0 Å². The lowest BCUT2D eigenvalue weighted by Gasteiger charge is -2.36. The van der Waals surface area contributed by atoms with Crippen molar-refractivity contribution in [2.24, 2.45) is 5.92 Å². The molecule has 132 valence electrons. The van der Waals surface area contributed by atoms with Gasteiger partial charge in [-0.25, -0.2) is 0 Å². The van der Waals surface area contributed by atoms with Gasteiger partial charge in [0.1, 0.15) is 17.4 Å². The van der Waals surface area contributed by atoms with E-state index in [-0.39, 0.29) is 11.8 Å². The second kappa shape index (κ2) is 6.31. The van der Waals surface area contributed by atoms with Gasteiger partial charge in [0, 0.05) is 26.8 Å². The number of pyridine rings is 1. The van der Waals surface area contributed by atoms with Crippen molar-refractivity contribution in [1.82, 2.24) is 4.98 Å². The molecule has 7 heteroatoms. The maximum atomic E-state index is 12.9. The lowest BCUT2D eigenvalue weighted by molar-refractivity contribution is -0.118. The molecule has 2 heterocycles. The summed E-state index contributed by atoms with van der Waals surface area (Å²) in [4.78, 5) is 44.7. The third kappa shape index (κ3) is 2.69. The van der Waals surface area contributed by atoms with Gasteiger partial charge >= 0.3 is 0 Å². The number of rotatable bonds is 4. The van der Waals surface area contributed by atoms with Crippen LogP contribution in [0, 0.1) is 5.92 Å². The van der Waals surface area contributed by atoms with Gasteiger partial charge in [0.2, 0.25) is 5.91 Å². The maximum absolute atomic E-state index is 12.9. The van der Waals surface area contributed by atoms with E-state index in [0.29, 0.717) is 23.6 Å². The quantitative estimate of drug-likeness (QED) is 0.839. The topological polar surface area (TPSA) is 82.6 Å². The van der Waals surface area contributed by atoms with Gasteiger partial charge in [0.15, 0.2) is 0 Å². The molecule has 0 radical (unpaired) electrons. The highest BCUT2D eigenvalue weighted by Crippen LogP contribution is 2.33. The van der Waals surface area contributed by atoms with E-state index in [1.807, 2.05) is 19.9 Å². The van der Waals surface area contributed by atoms with Crippen LogP contribution >= 0.6 is 0 Å². The molecular weight excluding hydrogens is 320 g/mol. The van der Waals surface area contributed by atoms with Crippen molar-refractivity contribution in [2.45, 2.75) is 32.9 Å². The highest BCUT2D eigenvalue weighted by molar-refractivity contribution is 5.99. The predicted octanol–water partition coefficient (Wildman–Crippen LogP) is 1.12. The third-order valence-electron chi connectivity index (χ3n) is 4.89. The van der Waals surface area contributed by atoms with Crippen LogP contribution in [0.25, 0.3) is 0 Å². The average Bonchev–Trinajstić information content (AvgIpc) is 2.72. The summed E-state index contributed by atoms with van der Waals surface area (Å²) < 4.78 is 0. The van der Waals surface area contributed by atoms with Gasteiger partial charge in [-0.3, -0.25) is 19.4 Å². The summed E-state index contributed by atoms with van der Waals surface area (Å²) in [5, 5.41) is 2.92. The summed E-state index contributed by atoms with van der Waals surface area (Å²) in [6, 6.07) is 1.29. The van der Waals surface area contributed by atoms with E-state index in [0.717, 1.165) is 12.0 Å². The Labute approximate surface area is 146 Å². The normalized spacial score (nSPS) is 18.5. The van der Waals surface area contributed by atoms with Crippen LogP contribution in [0.15, 0.2) is 28.0 Å². The van der Waals surface area contributed by atoms with E-state index in [1.165, 1.54) is 0 Å². The molecule has 1 N–H and O–H groups in total. The number of fused-ring (bicyclic) bond motifs is 1. The molecule has 2 atom stereocenters. The van der Waals surface area contributed by atoms with Gasteiger partial charge in [0.05, 0.1) is 11.9 Å². The average molecular weight is 342 g/mol. The number of carbonyl (C=O) groups is 1. The molecule has 0 spiro atoms. The standard InChI is InChI=1S/C18H22N4O3/c1-5-10(2)13-18(25)20-12-8-19-7-6-11(12)9-22(13)15-14(21(3)4)16(23)17(15)24/h6-8,10,13H,5,9H2,1-4H3,(H,20,25)/t10-,13-/m0/s1. The van der Waals surface area contributed by atoms with Crippen molar-refractivity contribution in [2.75, 3.05) is 29.2 Å². The highest BCUT2D eigenvalue weighted by atomic mass is 16.2. The van der Waals surface area contributed by atoms with E-state index >= 15 is 0 Å². The molecule has 1 aromatic carbocycles. The Hall–Kier alpha value is -2.70. The van der Waals surface area contributed by atoms with Gasteiger partial charge in [0.25, 0.3) is 10.9 Å². The summed E-state index contributed by atoms with van der Waals surface area (Å²) in [5.41, 5.74) is 1.19. The monoisotopic (exact) mass is 342 g/mol. The fourth-order valence-corrected chi connectivity index (χ4v) is 3.36. The number of nitrogens with zero attached hydrogens (tertiary/aromatic N) is 3. The smallest absolute Gasteiger partial charge is 0.253 e. The van der Waals surface area contributed by atoms with Gasteiger partial charge in [-0.1, -0.05) is 20.3 Å². The van der Waals surface area contributed by atoms with Crippen LogP contribution in [-0.4, -0.2) is 31.0 Å². The first-order valence-corrected chi connectivity index (χ1v) is 8.37. The summed E-state index contributed by atoms with van der Waals surface area (Å²) in [6.45, 7) is 4.36. The molecule has 0 fully saturated rings. The van der Waals surface area contributed by atoms with E-state index in [1.54, 1.807) is 36.3 Å². The second-order valence-electron chi connectivity index (χ2n) is 6.73. The molecular formula is C18H22N4O3. The molecule has 0 aliphatic carbocycles. The van der Waals surface area contributed by atoms with Gasteiger partial charge < -0.3 is 15.1 Å². The summed E-state index contributed by atoms with van der Waals surface area (Å²) >= 11 is 0. The Morgan fingerprint density at radius 3 is 2.68 bits per heavy atom. The Morgan fingerprint density at radius 1 is 1.32 bits per heavy atom. The number of nitrogens with one attached hydrogen (secondary N) is 1. The number of anilines is 3. The molecule has 0 saturated heterocycles. The van der Waals surface area contributed by atoms with Crippen LogP contribution < -0.4 is 26.0 Å². The van der Waals surface area contributed by atoms with E-state index in [9.17, 15) is 14.4 Å². The molecule has 0 saturated carbocycles. The second-order valence-corrected chi connectivity index (χ2v) is 6.73. The highest BCUT2D eigenvalue weighted by Gasteiger charge is 2.39. The lowest BCUT2D eigenvalue weighted by atomic mass is 9.95. The van der Waals surface area contributed by atoms with Crippen molar-refractivity contribution in [3.8, 4) is 0 Å². The van der Waals surface area contributed by atoms with Crippen LogP contribution in [-0.2, 0) is 11.3 Å². The Balaban J connectivity index is 2.16. The Morgan fingerprint density at radius 2 is 2.04 bits per heavy atom. The minimum atomic E-state index is -0.528. The van der Waals surface area contributed by atoms with Crippen LogP contribution in [0.4, 0.5) is 17.1 Å². The first-order chi connectivity index (χ1) is 11.9. The summed E-state index contributed by atoms with van der Waals surface area (Å²) in [5.74, 6) is -0.166. The largest absolute Gasteiger partial charge is 0.373 e. The molecule has 1 aromatic heterocycles. The SMILES string of the molecule is CC[C@H](C)[C@H]1C(=O)Nc2cnccc2CN1c1c(N(C)C)c(=O)c1=O. The van der Waals surface area contributed by atoms with E-state index < -0.39 is 16.9 Å². The molecule has 0 bridgehead atoms. The molecule has 1 aliphatic heterocycles. The van der Waals surface area contributed by atoms with Crippen molar-refractivity contribution >= 4 is 23.0 Å². The van der Waals surface area contributed by atoms with Crippen LogP contribution in [0.1, 0.15) is 25.8 Å². The maximum Gasteiger partial charge on any atom is 0.253 e. The van der Waals surface area contributed by atoms with Crippen molar-refractivity contribution in [3.05, 3.63) is 44.5 Å². The van der Waals surface area contributed by atoms with Crippen molar-refractivity contribution in [3.63, 3.8) is 0 Å². The number of hydrogen-bond acceptors (Lipinski definition) is 6. The molecule has 25 heavy (non-hydrogen) atoms. The zero-order valence-electron chi connectivity index (χ0n) is 14.9. The minimum absolute atomic E-state index is 0.0154. The Bertz CT molecular complexity index is 883.